The number of aryl methyl sites for hydroxylation is 2. The summed E-state index contributed by atoms with van der Waals surface area (Å²) in [6, 6.07) is 9.07. The van der Waals surface area contributed by atoms with Crippen LogP contribution >= 0.6 is 0 Å². The monoisotopic (exact) mass is 493 g/mol. The van der Waals surface area contributed by atoms with E-state index < -0.39 is 10.0 Å². The van der Waals surface area contributed by atoms with E-state index in [0.717, 1.165) is 22.3 Å². The van der Waals surface area contributed by atoms with E-state index in [1.54, 1.807) is 27.6 Å². The van der Waals surface area contributed by atoms with Crippen molar-refractivity contribution in [1.82, 2.24) is 23.8 Å². The Morgan fingerprint density at radius 2 is 1.60 bits per heavy atom. The number of benzene rings is 2. The number of para-hydroxylation sites is 1. The van der Waals surface area contributed by atoms with Crippen molar-refractivity contribution in [2.75, 3.05) is 26.2 Å². The van der Waals surface area contributed by atoms with Crippen molar-refractivity contribution in [1.29, 1.82) is 0 Å². The van der Waals surface area contributed by atoms with Crippen LogP contribution in [-0.2, 0) is 10.0 Å². The quantitative estimate of drug-likeness (QED) is 0.472. The molecule has 4 aromatic rings. The van der Waals surface area contributed by atoms with Gasteiger partial charge in [0.25, 0.3) is 11.5 Å². The lowest BCUT2D eigenvalue weighted by molar-refractivity contribution is 0.0699. The number of H-pyrrole nitrogens is 1. The van der Waals surface area contributed by atoms with Crippen molar-refractivity contribution in [2.24, 2.45) is 0 Å². The van der Waals surface area contributed by atoms with Crippen LogP contribution in [0, 0.1) is 27.7 Å². The minimum absolute atomic E-state index is 0.193. The zero-order valence-electron chi connectivity index (χ0n) is 20.1. The number of amides is 1. The lowest BCUT2D eigenvalue weighted by Gasteiger charge is -2.34. The lowest BCUT2D eigenvalue weighted by Crippen LogP contribution is -2.50. The second kappa shape index (κ2) is 8.31. The van der Waals surface area contributed by atoms with Crippen molar-refractivity contribution in [3.8, 4) is 0 Å². The van der Waals surface area contributed by atoms with Gasteiger partial charge in [0.2, 0.25) is 10.0 Å². The highest BCUT2D eigenvalue weighted by Crippen LogP contribution is 2.29. The SMILES string of the molecule is Cc1cc(C)c(C)c(S(=O)(=O)N2CCN(C(=O)c3cnn4c3[nH]c(=O)c3ccccc34)CC2)c1C. The van der Waals surface area contributed by atoms with Gasteiger partial charge in [0.1, 0.15) is 11.2 Å². The van der Waals surface area contributed by atoms with Gasteiger partial charge in [0.05, 0.1) is 22.0 Å². The third kappa shape index (κ3) is 3.64. The third-order valence-corrected chi connectivity index (χ3v) is 9.20. The largest absolute Gasteiger partial charge is 0.336 e. The number of sulfonamides is 1. The molecule has 0 unspecified atom stereocenters. The zero-order valence-corrected chi connectivity index (χ0v) is 20.9. The summed E-state index contributed by atoms with van der Waals surface area (Å²) in [7, 11) is -3.70. The summed E-state index contributed by atoms with van der Waals surface area (Å²) in [5.74, 6) is -0.290. The molecule has 182 valence electrons. The first-order valence-electron chi connectivity index (χ1n) is 11.5. The van der Waals surface area contributed by atoms with Gasteiger partial charge in [-0.15, -0.1) is 0 Å². The van der Waals surface area contributed by atoms with Gasteiger partial charge in [-0.05, 0) is 62.1 Å². The summed E-state index contributed by atoms with van der Waals surface area (Å²) in [5, 5.41) is 4.81. The molecule has 0 saturated carbocycles. The summed E-state index contributed by atoms with van der Waals surface area (Å²) < 4.78 is 30.1. The molecule has 10 heteroatoms. The number of rotatable bonds is 3. The number of hydrogen-bond donors (Lipinski definition) is 1. The van der Waals surface area contributed by atoms with Gasteiger partial charge in [0.15, 0.2) is 0 Å². The van der Waals surface area contributed by atoms with Crippen LogP contribution in [0.3, 0.4) is 0 Å². The van der Waals surface area contributed by atoms with Gasteiger partial charge >= 0.3 is 0 Å². The molecule has 5 rings (SSSR count). The third-order valence-electron chi connectivity index (χ3n) is 7.03. The Bertz CT molecular complexity index is 1630. The van der Waals surface area contributed by atoms with Gasteiger partial charge in [0, 0.05) is 26.2 Å². The van der Waals surface area contributed by atoms with Gasteiger partial charge in [-0.25, -0.2) is 12.9 Å². The second-order valence-corrected chi connectivity index (χ2v) is 11.0. The van der Waals surface area contributed by atoms with E-state index in [0.29, 0.717) is 21.4 Å². The first kappa shape index (κ1) is 23.3. The Balaban J connectivity index is 1.41. The Morgan fingerprint density at radius 1 is 0.971 bits per heavy atom. The number of nitrogens with one attached hydrogen (secondary N) is 1. The molecule has 1 aliphatic heterocycles. The molecule has 0 spiro atoms. The maximum Gasteiger partial charge on any atom is 0.259 e. The average Bonchev–Trinajstić information content (AvgIpc) is 3.26. The molecule has 1 N–H and O–H groups in total. The van der Waals surface area contributed by atoms with Crippen LogP contribution in [-0.4, -0.2) is 64.3 Å². The van der Waals surface area contributed by atoms with Crippen molar-refractivity contribution >= 4 is 32.5 Å². The summed E-state index contributed by atoms with van der Waals surface area (Å²) in [6.07, 6.45) is 1.45. The molecule has 0 atom stereocenters. The predicted octanol–water partition coefficient (Wildman–Crippen LogP) is 2.56. The molecule has 1 saturated heterocycles. The van der Waals surface area contributed by atoms with E-state index in [1.807, 2.05) is 39.8 Å². The Morgan fingerprint density at radius 3 is 2.26 bits per heavy atom. The molecule has 2 aromatic carbocycles. The van der Waals surface area contributed by atoms with E-state index >= 15 is 0 Å². The van der Waals surface area contributed by atoms with Crippen LogP contribution in [0.5, 0.6) is 0 Å². The number of piperazine rings is 1. The number of carbonyl (C=O) groups is 1. The van der Waals surface area contributed by atoms with Crippen molar-refractivity contribution in [2.45, 2.75) is 32.6 Å². The molecule has 1 amide bonds. The van der Waals surface area contributed by atoms with Crippen LogP contribution in [0.1, 0.15) is 32.6 Å². The van der Waals surface area contributed by atoms with Gasteiger partial charge < -0.3 is 9.88 Å². The first-order chi connectivity index (χ1) is 16.6. The van der Waals surface area contributed by atoms with Gasteiger partial charge in [-0.1, -0.05) is 18.2 Å². The second-order valence-electron chi connectivity index (χ2n) is 9.08. The maximum absolute atomic E-state index is 13.5. The minimum Gasteiger partial charge on any atom is -0.336 e. The highest BCUT2D eigenvalue weighted by Gasteiger charge is 2.33. The number of aromatic amines is 1. The zero-order chi connectivity index (χ0) is 25.1. The molecule has 3 heterocycles. The van der Waals surface area contributed by atoms with Gasteiger partial charge in [-0.2, -0.15) is 9.40 Å². The highest BCUT2D eigenvalue weighted by atomic mass is 32.2. The summed E-state index contributed by atoms with van der Waals surface area (Å²) >= 11 is 0. The highest BCUT2D eigenvalue weighted by molar-refractivity contribution is 7.89. The molecule has 0 bridgehead atoms. The van der Waals surface area contributed by atoms with E-state index in [-0.39, 0.29) is 43.2 Å². The normalized spacial score (nSPS) is 15.3. The fraction of sp³-hybridized carbons (Fsp3) is 0.320. The molecular weight excluding hydrogens is 466 g/mol. The standard InChI is InChI=1S/C25H27N5O4S/c1-15-13-16(2)18(4)22(17(15)3)35(33,34)29-11-9-28(10-12-29)25(32)20-14-26-30-21-8-6-5-7-19(21)24(31)27-23(20)30/h5-8,13-14H,9-12H2,1-4H3,(H,27,31). The Kier molecular flexibility index (Phi) is 5.52. The Labute approximate surface area is 203 Å². The number of aromatic nitrogens is 3. The van der Waals surface area contributed by atoms with Crippen LogP contribution in [0.2, 0.25) is 0 Å². The average molecular weight is 494 g/mol. The van der Waals surface area contributed by atoms with Crippen molar-refractivity contribution < 1.29 is 13.2 Å². The van der Waals surface area contributed by atoms with E-state index in [9.17, 15) is 18.0 Å². The summed E-state index contributed by atoms with van der Waals surface area (Å²) in [4.78, 5) is 30.6. The summed E-state index contributed by atoms with van der Waals surface area (Å²) in [5.41, 5.74) is 4.33. The molecule has 1 aliphatic rings. The molecular formula is C25H27N5O4S. The van der Waals surface area contributed by atoms with Crippen molar-refractivity contribution in [3.63, 3.8) is 0 Å². The Hall–Kier alpha value is -3.50. The number of hydrogen-bond acceptors (Lipinski definition) is 5. The first-order valence-corrected chi connectivity index (χ1v) is 12.9. The molecule has 0 aliphatic carbocycles. The fourth-order valence-electron chi connectivity index (χ4n) is 4.83. The van der Waals surface area contributed by atoms with Crippen LogP contribution in [0.15, 0.2) is 46.2 Å². The van der Waals surface area contributed by atoms with E-state index in [1.165, 1.54) is 10.5 Å². The number of carbonyl (C=O) groups excluding carboxylic acids is 1. The molecule has 0 radical (unpaired) electrons. The lowest BCUT2D eigenvalue weighted by atomic mass is 10.0. The fourth-order valence-corrected chi connectivity index (χ4v) is 6.83. The summed E-state index contributed by atoms with van der Waals surface area (Å²) in [6.45, 7) is 8.39. The molecule has 1 fully saturated rings. The van der Waals surface area contributed by atoms with Crippen LogP contribution < -0.4 is 5.56 Å². The topological polar surface area (TPSA) is 108 Å². The van der Waals surface area contributed by atoms with Crippen LogP contribution in [0.4, 0.5) is 0 Å². The van der Waals surface area contributed by atoms with Crippen LogP contribution in [0.25, 0.3) is 16.6 Å². The van der Waals surface area contributed by atoms with Gasteiger partial charge in [-0.3, -0.25) is 9.59 Å². The van der Waals surface area contributed by atoms with Crippen molar-refractivity contribution in [3.05, 3.63) is 74.7 Å². The molecule has 2 aromatic heterocycles. The molecule has 35 heavy (non-hydrogen) atoms. The van der Waals surface area contributed by atoms with E-state index in [2.05, 4.69) is 10.1 Å². The van der Waals surface area contributed by atoms with E-state index in [4.69, 9.17) is 0 Å². The predicted molar refractivity (Wildman–Crippen MR) is 133 cm³/mol. The maximum atomic E-state index is 13.5. The number of nitrogens with zero attached hydrogens (tertiary/aromatic N) is 4. The number of fused-ring (bicyclic) bond motifs is 3. The minimum atomic E-state index is -3.70. The smallest absolute Gasteiger partial charge is 0.259 e. The molecule has 9 nitrogen and oxygen atoms in total.